The summed E-state index contributed by atoms with van der Waals surface area (Å²) in [7, 11) is 0. The zero-order chi connectivity index (χ0) is 23.8. The number of H-pyrrole nitrogens is 1. The van der Waals surface area contributed by atoms with E-state index in [1.54, 1.807) is 0 Å². The minimum atomic E-state index is 0.323. The highest BCUT2D eigenvalue weighted by molar-refractivity contribution is 6.30. The second-order valence-corrected chi connectivity index (χ2v) is 10.4. The molecular weight excluding hydrogens is 458 g/mol. The summed E-state index contributed by atoms with van der Waals surface area (Å²) in [6, 6.07) is 15.1. The Morgan fingerprint density at radius 2 is 2.00 bits per heavy atom. The van der Waals surface area contributed by atoms with Crippen molar-refractivity contribution in [1.29, 1.82) is 0 Å². The molecule has 1 N–H and O–H groups in total. The van der Waals surface area contributed by atoms with Gasteiger partial charge < -0.3 is 9.47 Å². The Morgan fingerprint density at radius 1 is 1.11 bits per heavy atom. The summed E-state index contributed by atoms with van der Waals surface area (Å²) in [5, 5.41) is 7.65. The second-order valence-electron chi connectivity index (χ2n) is 9.99. The van der Waals surface area contributed by atoms with Crippen LogP contribution in [-0.2, 0) is 17.8 Å². The van der Waals surface area contributed by atoms with Crippen LogP contribution < -0.4 is 0 Å². The number of hydrogen-bond donors (Lipinski definition) is 1. The Labute approximate surface area is 210 Å². The van der Waals surface area contributed by atoms with Crippen LogP contribution in [0.15, 0.2) is 61.2 Å². The van der Waals surface area contributed by atoms with E-state index in [1.807, 2.05) is 43.0 Å². The predicted octanol–water partition coefficient (Wildman–Crippen LogP) is 5.87. The lowest BCUT2D eigenvalue weighted by molar-refractivity contribution is -0.132. The van der Waals surface area contributed by atoms with Gasteiger partial charge in [0.05, 0.1) is 23.6 Å². The number of aromatic amines is 1. The summed E-state index contributed by atoms with van der Waals surface area (Å²) < 4.78 is 2.26. The van der Waals surface area contributed by atoms with Crippen LogP contribution >= 0.6 is 11.6 Å². The van der Waals surface area contributed by atoms with Gasteiger partial charge in [0.2, 0.25) is 5.91 Å². The average Bonchev–Trinajstić information content (AvgIpc) is 3.67. The number of rotatable bonds is 8. The number of carbonyl (C=O) groups excluding carboxylic acids is 1. The van der Waals surface area contributed by atoms with Crippen molar-refractivity contribution < 1.29 is 4.79 Å². The Balaban J connectivity index is 1.04. The van der Waals surface area contributed by atoms with E-state index in [1.165, 1.54) is 17.5 Å². The van der Waals surface area contributed by atoms with Crippen molar-refractivity contribution in [2.24, 2.45) is 5.92 Å². The predicted molar refractivity (Wildman–Crippen MR) is 138 cm³/mol. The molecule has 3 atom stereocenters. The average molecular weight is 488 g/mol. The number of aryl methyl sites for hydroxylation is 2. The maximum atomic E-state index is 13.1. The largest absolute Gasteiger partial charge is 0.336 e. The van der Waals surface area contributed by atoms with Crippen molar-refractivity contribution in [2.45, 2.75) is 63.6 Å². The van der Waals surface area contributed by atoms with E-state index in [4.69, 9.17) is 11.6 Å². The molecule has 0 saturated carbocycles. The standard InChI is InChI=1S/C28H30ClN5O/c29-23-7-3-19(4-8-23)5-12-28(35)34-24-9-11-26(34)21(14-24)2-1-13-33-18-30-25-15-20(6-10-27(25)33)22-16-31-32-17-22/h3-4,6-8,10,15-18,21,24,26H,1-2,5,9,11-14H2,(H,31,32). The smallest absolute Gasteiger partial charge is 0.223 e. The minimum Gasteiger partial charge on any atom is -0.336 e. The number of halogens is 1. The molecule has 3 unspecified atom stereocenters. The lowest BCUT2D eigenvalue weighted by Crippen LogP contribution is -2.36. The van der Waals surface area contributed by atoms with Gasteiger partial charge in [-0.05, 0) is 79.8 Å². The topological polar surface area (TPSA) is 66.8 Å². The van der Waals surface area contributed by atoms with Crippen molar-refractivity contribution >= 4 is 28.5 Å². The molecule has 0 aliphatic carbocycles. The molecular formula is C28H30ClN5O. The van der Waals surface area contributed by atoms with Crippen molar-refractivity contribution in [2.75, 3.05) is 0 Å². The fourth-order valence-electron chi connectivity index (χ4n) is 6.20. The van der Waals surface area contributed by atoms with E-state index in [9.17, 15) is 4.79 Å². The number of imidazole rings is 1. The summed E-state index contributed by atoms with van der Waals surface area (Å²) in [5.74, 6) is 0.944. The van der Waals surface area contributed by atoms with Crippen LogP contribution in [0.3, 0.4) is 0 Å². The number of hydrogen-bond acceptors (Lipinski definition) is 3. The quantitative estimate of drug-likeness (QED) is 0.338. The second kappa shape index (κ2) is 9.50. The summed E-state index contributed by atoms with van der Waals surface area (Å²) in [6.45, 7) is 0.958. The number of nitrogens with zero attached hydrogens (tertiary/aromatic N) is 4. The van der Waals surface area contributed by atoms with Gasteiger partial charge in [0.25, 0.3) is 0 Å². The molecule has 7 heteroatoms. The summed E-state index contributed by atoms with van der Waals surface area (Å²) >= 11 is 5.99. The van der Waals surface area contributed by atoms with Gasteiger partial charge in [0.15, 0.2) is 0 Å². The maximum Gasteiger partial charge on any atom is 0.223 e. The highest BCUT2D eigenvalue weighted by Gasteiger charge is 2.47. The molecule has 4 heterocycles. The number of amides is 1. The first kappa shape index (κ1) is 22.4. The molecule has 0 spiro atoms. The van der Waals surface area contributed by atoms with E-state index in [0.717, 1.165) is 60.3 Å². The summed E-state index contributed by atoms with van der Waals surface area (Å²) in [4.78, 5) is 20.0. The molecule has 2 saturated heterocycles. The van der Waals surface area contributed by atoms with Gasteiger partial charge in [-0.15, -0.1) is 0 Å². The van der Waals surface area contributed by atoms with Crippen molar-refractivity contribution in [3.63, 3.8) is 0 Å². The normalized spacial score (nSPS) is 21.3. The number of carbonyl (C=O) groups is 1. The highest BCUT2D eigenvalue weighted by atomic mass is 35.5. The zero-order valence-electron chi connectivity index (χ0n) is 19.7. The lowest BCUT2D eigenvalue weighted by atomic mass is 9.86. The third kappa shape index (κ3) is 4.47. The van der Waals surface area contributed by atoms with Crippen molar-refractivity contribution in [3.05, 3.63) is 71.8 Å². The van der Waals surface area contributed by atoms with Crippen LogP contribution in [0.4, 0.5) is 0 Å². The van der Waals surface area contributed by atoms with Gasteiger partial charge in [0, 0.05) is 41.8 Å². The highest BCUT2D eigenvalue weighted by Crippen LogP contribution is 2.44. The van der Waals surface area contributed by atoms with Gasteiger partial charge in [-0.2, -0.15) is 5.10 Å². The van der Waals surface area contributed by atoms with Gasteiger partial charge in [0.1, 0.15) is 0 Å². The Morgan fingerprint density at radius 3 is 2.83 bits per heavy atom. The van der Waals surface area contributed by atoms with E-state index in [0.29, 0.717) is 30.3 Å². The molecule has 2 fully saturated rings. The monoisotopic (exact) mass is 487 g/mol. The SMILES string of the molecule is O=C(CCc1ccc(Cl)cc1)N1C2CCC1C(CCCn1cnc3cc(-c4cn[nH]c4)ccc31)C2. The van der Waals surface area contributed by atoms with Gasteiger partial charge >= 0.3 is 0 Å². The molecule has 2 aromatic heterocycles. The molecule has 0 radical (unpaired) electrons. The molecule has 2 aliphatic heterocycles. The van der Waals surface area contributed by atoms with Gasteiger partial charge in [-0.1, -0.05) is 29.8 Å². The molecule has 2 bridgehead atoms. The first-order valence-electron chi connectivity index (χ1n) is 12.7. The first-order valence-corrected chi connectivity index (χ1v) is 13.0. The molecule has 2 aromatic carbocycles. The molecule has 1 amide bonds. The molecule has 180 valence electrons. The van der Waals surface area contributed by atoms with Crippen LogP contribution in [0, 0.1) is 5.92 Å². The van der Waals surface area contributed by atoms with Crippen LogP contribution in [0.25, 0.3) is 22.2 Å². The van der Waals surface area contributed by atoms with Crippen molar-refractivity contribution in [3.8, 4) is 11.1 Å². The van der Waals surface area contributed by atoms with Crippen LogP contribution in [-0.4, -0.2) is 42.6 Å². The van der Waals surface area contributed by atoms with Gasteiger partial charge in [-0.25, -0.2) is 4.98 Å². The maximum absolute atomic E-state index is 13.1. The molecule has 6 rings (SSSR count). The van der Waals surface area contributed by atoms with E-state index in [2.05, 4.69) is 42.8 Å². The van der Waals surface area contributed by atoms with Gasteiger partial charge in [-0.3, -0.25) is 9.89 Å². The first-order chi connectivity index (χ1) is 17.2. The minimum absolute atomic E-state index is 0.323. The number of aromatic nitrogens is 4. The lowest BCUT2D eigenvalue weighted by Gasteiger charge is -2.25. The van der Waals surface area contributed by atoms with Crippen LogP contribution in [0.2, 0.25) is 5.02 Å². The van der Waals surface area contributed by atoms with Crippen LogP contribution in [0.1, 0.15) is 44.1 Å². The zero-order valence-corrected chi connectivity index (χ0v) is 20.5. The van der Waals surface area contributed by atoms with E-state index >= 15 is 0 Å². The summed E-state index contributed by atoms with van der Waals surface area (Å²) in [5.41, 5.74) is 5.56. The summed E-state index contributed by atoms with van der Waals surface area (Å²) in [6.07, 6.45) is 12.8. The molecule has 2 aliphatic rings. The Kier molecular flexibility index (Phi) is 6.06. The third-order valence-electron chi connectivity index (χ3n) is 7.92. The number of fused-ring (bicyclic) bond motifs is 3. The fourth-order valence-corrected chi connectivity index (χ4v) is 6.32. The number of benzene rings is 2. The Bertz CT molecular complexity index is 1310. The number of nitrogens with one attached hydrogen (secondary N) is 1. The molecule has 6 nitrogen and oxygen atoms in total. The molecule has 4 aromatic rings. The molecule has 35 heavy (non-hydrogen) atoms. The fraction of sp³-hybridized carbons (Fsp3) is 0.393. The van der Waals surface area contributed by atoms with Crippen molar-refractivity contribution in [1.82, 2.24) is 24.6 Å². The Hall–Kier alpha value is -3.12. The van der Waals surface area contributed by atoms with Crippen LogP contribution in [0.5, 0.6) is 0 Å². The van der Waals surface area contributed by atoms with E-state index in [-0.39, 0.29) is 0 Å². The van der Waals surface area contributed by atoms with E-state index < -0.39 is 0 Å². The third-order valence-corrected chi connectivity index (χ3v) is 8.17.